The average Bonchev–Trinajstić information content (AvgIpc) is 2.27. The largest absolute Gasteiger partial charge is 0.375 e. The number of hydrogen-bond donors (Lipinski definition) is 1. The van der Waals surface area contributed by atoms with Crippen molar-refractivity contribution in [1.29, 1.82) is 0 Å². The van der Waals surface area contributed by atoms with Crippen molar-refractivity contribution in [3.63, 3.8) is 0 Å². The van der Waals surface area contributed by atoms with Crippen molar-refractivity contribution in [3.05, 3.63) is 33.8 Å². The Kier molecular flexibility index (Phi) is 3.91. The molecule has 1 N–H and O–H groups in total. The second kappa shape index (κ2) is 5.09. The number of hydrogen-bond acceptors (Lipinski definition) is 2. The van der Waals surface area contributed by atoms with Crippen LogP contribution in [0.2, 0.25) is 0 Å². The molecule has 1 fully saturated rings. The van der Waals surface area contributed by atoms with Crippen molar-refractivity contribution >= 4 is 15.9 Å². The molecule has 0 radical (unpaired) electrons. The summed E-state index contributed by atoms with van der Waals surface area (Å²) in [5.74, 6) is 0. The van der Waals surface area contributed by atoms with Gasteiger partial charge in [0.2, 0.25) is 0 Å². The van der Waals surface area contributed by atoms with Crippen molar-refractivity contribution < 1.29 is 4.74 Å². The summed E-state index contributed by atoms with van der Waals surface area (Å²) in [6.45, 7) is 8.16. The van der Waals surface area contributed by atoms with E-state index in [0.29, 0.717) is 0 Å². The third kappa shape index (κ3) is 3.54. The molecule has 1 aliphatic rings. The molecular weight excluding hydrogens is 278 g/mol. The summed E-state index contributed by atoms with van der Waals surface area (Å²) in [6.07, 6.45) is 1.26. The number of nitrogens with one attached hydrogen (secondary N) is 1. The van der Waals surface area contributed by atoms with Crippen molar-refractivity contribution in [2.45, 2.75) is 38.8 Å². The summed E-state index contributed by atoms with van der Waals surface area (Å²) in [5, 5.41) is 3.52. The van der Waals surface area contributed by atoms with Gasteiger partial charge in [0, 0.05) is 16.6 Å². The van der Waals surface area contributed by atoms with E-state index in [2.05, 4.69) is 60.2 Å². The van der Waals surface area contributed by atoms with Crippen LogP contribution in [-0.4, -0.2) is 24.8 Å². The van der Waals surface area contributed by atoms with Gasteiger partial charge in [-0.05, 0) is 44.4 Å². The topological polar surface area (TPSA) is 21.3 Å². The highest BCUT2D eigenvalue weighted by molar-refractivity contribution is 9.10. The predicted molar refractivity (Wildman–Crippen MR) is 74.4 cm³/mol. The molecule has 2 nitrogen and oxygen atoms in total. The molecule has 0 spiro atoms. The maximum absolute atomic E-state index is 5.89. The minimum absolute atomic E-state index is 0.115. The molecule has 3 heteroatoms. The monoisotopic (exact) mass is 297 g/mol. The van der Waals surface area contributed by atoms with E-state index in [1.807, 2.05) is 0 Å². The molecule has 2 rings (SSSR count). The number of ether oxygens (including phenoxy) is 1. The molecule has 0 saturated carbocycles. The van der Waals surface area contributed by atoms with Gasteiger partial charge in [-0.3, -0.25) is 0 Å². The fraction of sp³-hybridized carbons (Fsp3) is 0.571. The standard InChI is InChI=1S/C14H20BrNO/c1-10-4-5-11(7-13(10)15)6-12-8-16-14(2,3)9-17-12/h4-5,7,12,16H,6,8-9H2,1-3H3. The molecule has 1 heterocycles. The molecule has 94 valence electrons. The highest BCUT2D eigenvalue weighted by atomic mass is 79.9. The molecule has 0 bridgehead atoms. The number of halogens is 1. The average molecular weight is 298 g/mol. The molecule has 0 aliphatic carbocycles. The van der Waals surface area contributed by atoms with E-state index in [4.69, 9.17) is 4.74 Å². The van der Waals surface area contributed by atoms with Gasteiger partial charge < -0.3 is 10.1 Å². The Balaban J connectivity index is 1.95. The third-order valence-electron chi connectivity index (χ3n) is 3.19. The summed E-state index contributed by atoms with van der Waals surface area (Å²) in [4.78, 5) is 0. The van der Waals surface area contributed by atoms with Gasteiger partial charge in [-0.15, -0.1) is 0 Å². The lowest BCUT2D eigenvalue weighted by Crippen LogP contribution is -2.53. The lowest BCUT2D eigenvalue weighted by Gasteiger charge is -2.36. The second-order valence-electron chi connectivity index (χ2n) is 5.49. The smallest absolute Gasteiger partial charge is 0.0740 e. The Labute approximate surface area is 112 Å². The fourth-order valence-electron chi connectivity index (χ4n) is 1.98. The van der Waals surface area contributed by atoms with E-state index in [9.17, 15) is 0 Å². The Morgan fingerprint density at radius 3 is 2.82 bits per heavy atom. The van der Waals surface area contributed by atoms with Crippen LogP contribution in [0.5, 0.6) is 0 Å². The maximum atomic E-state index is 5.89. The molecule has 1 saturated heterocycles. The van der Waals surface area contributed by atoms with Gasteiger partial charge >= 0.3 is 0 Å². The Morgan fingerprint density at radius 1 is 1.47 bits per heavy atom. The Hall–Kier alpha value is -0.380. The van der Waals surface area contributed by atoms with Crippen LogP contribution in [-0.2, 0) is 11.2 Å². The minimum Gasteiger partial charge on any atom is -0.375 e. The van der Waals surface area contributed by atoms with Crippen LogP contribution in [0.15, 0.2) is 22.7 Å². The number of rotatable bonds is 2. The van der Waals surface area contributed by atoms with E-state index in [-0.39, 0.29) is 11.6 Å². The first-order valence-electron chi connectivity index (χ1n) is 6.08. The second-order valence-corrected chi connectivity index (χ2v) is 6.34. The van der Waals surface area contributed by atoms with E-state index >= 15 is 0 Å². The van der Waals surface area contributed by atoms with Crippen LogP contribution >= 0.6 is 15.9 Å². The van der Waals surface area contributed by atoms with Gasteiger partial charge in [0.1, 0.15) is 0 Å². The Morgan fingerprint density at radius 2 is 2.24 bits per heavy atom. The van der Waals surface area contributed by atoms with Gasteiger partial charge in [-0.1, -0.05) is 28.1 Å². The first-order chi connectivity index (χ1) is 7.96. The van der Waals surface area contributed by atoms with Crippen LogP contribution in [0.1, 0.15) is 25.0 Å². The van der Waals surface area contributed by atoms with E-state index in [0.717, 1.165) is 19.6 Å². The van der Waals surface area contributed by atoms with Crippen molar-refractivity contribution in [2.24, 2.45) is 0 Å². The van der Waals surface area contributed by atoms with Crippen LogP contribution in [0.4, 0.5) is 0 Å². The molecule has 0 aromatic heterocycles. The summed E-state index contributed by atoms with van der Waals surface area (Å²) in [5.41, 5.74) is 2.72. The summed E-state index contributed by atoms with van der Waals surface area (Å²) in [6, 6.07) is 6.53. The van der Waals surface area contributed by atoms with E-state index in [1.54, 1.807) is 0 Å². The zero-order chi connectivity index (χ0) is 12.5. The molecule has 1 aliphatic heterocycles. The fourth-order valence-corrected chi connectivity index (χ4v) is 2.41. The number of morpholine rings is 1. The van der Waals surface area contributed by atoms with Crippen LogP contribution < -0.4 is 5.32 Å². The summed E-state index contributed by atoms with van der Waals surface area (Å²) >= 11 is 3.57. The third-order valence-corrected chi connectivity index (χ3v) is 4.04. The van der Waals surface area contributed by atoms with Crippen LogP contribution in [0, 0.1) is 6.92 Å². The van der Waals surface area contributed by atoms with Gasteiger partial charge in [0.15, 0.2) is 0 Å². The van der Waals surface area contributed by atoms with Gasteiger partial charge in [-0.25, -0.2) is 0 Å². The number of aryl methyl sites for hydroxylation is 1. The maximum Gasteiger partial charge on any atom is 0.0740 e. The first-order valence-corrected chi connectivity index (χ1v) is 6.87. The Bertz CT molecular complexity index is 393. The van der Waals surface area contributed by atoms with Crippen molar-refractivity contribution in [2.75, 3.05) is 13.2 Å². The van der Waals surface area contributed by atoms with Gasteiger partial charge in [0.25, 0.3) is 0 Å². The normalized spacial score (nSPS) is 23.6. The van der Waals surface area contributed by atoms with Gasteiger partial charge in [-0.2, -0.15) is 0 Å². The summed E-state index contributed by atoms with van der Waals surface area (Å²) in [7, 11) is 0. The highest BCUT2D eigenvalue weighted by Crippen LogP contribution is 2.20. The molecular formula is C14H20BrNO. The quantitative estimate of drug-likeness (QED) is 0.906. The SMILES string of the molecule is Cc1ccc(CC2CNC(C)(C)CO2)cc1Br. The van der Waals surface area contributed by atoms with E-state index in [1.165, 1.54) is 15.6 Å². The zero-order valence-electron chi connectivity index (χ0n) is 10.7. The first kappa shape index (κ1) is 13.1. The molecule has 0 amide bonds. The molecule has 1 atom stereocenters. The zero-order valence-corrected chi connectivity index (χ0v) is 12.3. The lowest BCUT2D eigenvalue weighted by molar-refractivity contribution is -0.0206. The minimum atomic E-state index is 0.115. The van der Waals surface area contributed by atoms with Gasteiger partial charge in [0.05, 0.1) is 12.7 Å². The van der Waals surface area contributed by atoms with Crippen LogP contribution in [0.25, 0.3) is 0 Å². The van der Waals surface area contributed by atoms with Crippen LogP contribution in [0.3, 0.4) is 0 Å². The van der Waals surface area contributed by atoms with Crippen molar-refractivity contribution in [1.82, 2.24) is 5.32 Å². The predicted octanol–water partition coefficient (Wildman–Crippen LogP) is 3.07. The van der Waals surface area contributed by atoms with E-state index < -0.39 is 0 Å². The molecule has 1 aromatic carbocycles. The van der Waals surface area contributed by atoms with Crippen molar-refractivity contribution in [3.8, 4) is 0 Å². The summed E-state index contributed by atoms with van der Waals surface area (Å²) < 4.78 is 7.07. The molecule has 17 heavy (non-hydrogen) atoms. The number of benzene rings is 1. The molecule has 1 unspecified atom stereocenters. The lowest BCUT2D eigenvalue weighted by atomic mass is 10.0. The highest BCUT2D eigenvalue weighted by Gasteiger charge is 2.26. The molecule has 1 aromatic rings.